The van der Waals surface area contributed by atoms with Crippen LogP contribution in [0.4, 0.5) is 10.1 Å². The van der Waals surface area contributed by atoms with Gasteiger partial charge in [-0.15, -0.1) is 0 Å². The molecule has 5 rings (SSSR count). The number of hydrazine groups is 1. The van der Waals surface area contributed by atoms with Crippen molar-refractivity contribution in [3.63, 3.8) is 0 Å². The van der Waals surface area contributed by atoms with Gasteiger partial charge in [0.05, 0.1) is 17.6 Å². The number of hydrogen-bond donors (Lipinski definition) is 1. The summed E-state index contributed by atoms with van der Waals surface area (Å²) in [6, 6.07) is 17.9. The van der Waals surface area contributed by atoms with E-state index < -0.39 is 41.5 Å². The van der Waals surface area contributed by atoms with Crippen LogP contribution in [0.5, 0.6) is 0 Å². The number of hydrogen-bond acceptors (Lipinski definition) is 4. The second-order valence-electron chi connectivity index (χ2n) is 8.16. The Bertz CT molecular complexity index is 1260. The molecule has 0 radical (unpaired) electrons. The molecular weight excluding hydrogens is 489 g/mol. The maximum atomic E-state index is 13.5. The van der Waals surface area contributed by atoms with E-state index in [0.29, 0.717) is 21.3 Å². The molecule has 0 aromatic heterocycles. The lowest BCUT2D eigenvalue weighted by atomic mass is 9.91. The van der Waals surface area contributed by atoms with E-state index in [9.17, 15) is 18.8 Å². The van der Waals surface area contributed by atoms with E-state index in [0.717, 1.165) is 10.5 Å². The molecule has 0 spiro atoms. The third-order valence-corrected chi connectivity index (χ3v) is 6.54. The molecule has 0 aliphatic carbocycles. The van der Waals surface area contributed by atoms with Crippen LogP contribution in [0.15, 0.2) is 77.3 Å². The zero-order valence-corrected chi connectivity index (χ0v) is 19.1. The Kier molecular flexibility index (Phi) is 5.34. The molecule has 166 valence electrons. The molecule has 0 bridgehead atoms. The molecule has 1 N–H and O–H groups in total. The molecule has 6 nitrogen and oxygen atoms in total. The molecule has 0 unspecified atom stereocenters. The Morgan fingerprint density at radius 2 is 1.67 bits per heavy atom. The number of fused-ring (bicyclic) bond motifs is 1. The number of anilines is 1. The first-order valence-corrected chi connectivity index (χ1v) is 11.2. The number of imide groups is 1. The third kappa shape index (κ3) is 3.65. The van der Waals surface area contributed by atoms with Gasteiger partial charge in [-0.05, 0) is 55.0 Å². The van der Waals surface area contributed by atoms with Crippen molar-refractivity contribution in [2.75, 3.05) is 4.90 Å². The monoisotopic (exact) mass is 507 g/mol. The van der Waals surface area contributed by atoms with Crippen LogP contribution in [0.3, 0.4) is 0 Å². The number of aryl methyl sites for hydroxylation is 1. The number of amides is 3. The number of halogens is 2. The minimum Gasteiger partial charge on any atom is -0.274 e. The molecule has 2 heterocycles. The molecule has 8 heteroatoms. The van der Waals surface area contributed by atoms with Crippen LogP contribution in [0.1, 0.15) is 27.5 Å². The van der Waals surface area contributed by atoms with Crippen molar-refractivity contribution in [1.29, 1.82) is 0 Å². The Morgan fingerprint density at radius 3 is 2.33 bits per heavy atom. The van der Waals surface area contributed by atoms with Gasteiger partial charge in [-0.3, -0.25) is 19.4 Å². The summed E-state index contributed by atoms with van der Waals surface area (Å²) in [5, 5.41) is 1.24. The smallest absolute Gasteiger partial charge is 0.268 e. The first kappa shape index (κ1) is 21.5. The first-order chi connectivity index (χ1) is 15.8. The molecule has 3 aromatic carbocycles. The fourth-order valence-corrected chi connectivity index (χ4v) is 4.83. The van der Waals surface area contributed by atoms with Gasteiger partial charge in [0, 0.05) is 10.0 Å². The number of rotatable bonds is 3. The maximum Gasteiger partial charge on any atom is 0.268 e. The Hall–Kier alpha value is -3.36. The average Bonchev–Trinajstić information content (AvgIpc) is 3.31. The predicted molar refractivity (Wildman–Crippen MR) is 124 cm³/mol. The topological polar surface area (TPSA) is 69.7 Å². The lowest BCUT2D eigenvalue weighted by Crippen LogP contribution is -2.48. The molecule has 2 aliphatic rings. The van der Waals surface area contributed by atoms with Crippen LogP contribution in [0.25, 0.3) is 0 Å². The van der Waals surface area contributed by atoms with Crippen molar-refractivity contribution in [1.82, 2.24) is 10.4 Å². The molecule has 33 heavy (non-hydrogen) atoms. The Morgan fingerprint density at radius 1 is 0.970 bits per heavy atom. The van der Waals surface area contributed by atoms with Gasteiger partial charge >= 0.3 is 0 Å². The normalized spacial score (nSPS) is 22.1. The van der Waals surface area contributed by atoms with E-state index in [2.05, 4.69) is 21.4 Å². The van der Waals surface area contributed by atoms with Crippen molar-refractivity contribution in [2.24, 2.45) is 5.92 Å². The first-order valence-electron chi connectivity index (χ1n) is 10.4. The van der Waals surface area contributed by atoms with Gasteiger partial charge in [-0.1, -0.05) is 51.8 Å². The number of benzene rings is 3. The highest BCUT2D eigenvalue weighted by Gasteiger charge is 2.60. The standard InChI is InChI=1S/C25H19BrFN3O3/c1-14-5-11-19(12-6-14)29-24(32)20-21(15-7-9-18(27)10-8-15)28-30(22(20)25(29)33)23(31)16-3-2-4-17(26)13-16/h2-13,20-22,28H,1H3/t20-,21-,22+/m1/s1. The number of nitrogens with one attached hydrogen (secondary N) is 1. The lowest BCUT2D eigenvalue weighted by molar-refractivity contribution is -0.123. The summed E-state index contributed by atoms with van der Waals surface area (Å²) in [7, 11) is 0. The van der Waals surface area contributed by atoms with Gasteiger partial charge in [0.25, 0.3) is 11.8 Å². The van der Waals surface area contributed by atoms with Crippen molar-refractivity contribution in [2.45, 2.75) is 19.0 Å². The largest absolute Gasteiger partial charge is 0.274 e. The molecule has 3 amide bonds. The number of nitrogens with zero attached hydrogens (tertiary/aromatic N) is 2. The summed E-state index contributed by atoms with van der Waals surface area (Å²) in [5.41, 5.74) is 5.50. The quantitative estimate of drug-likeness (QED) is 0.540. The van der Waals surface area contributed by atoms with Crippen molar-refractivity contribution in [3.8, 4) is 0 Å². The Labute approximate surface area is 198 Å². The van der Waals surface area contributed by atoms with E-state index in [1.807, 2.05) is 19.1 Å². The minimum absolute atomic E-state index is 0.365. The fraction of sp³-hybridized carbons (Fsp3) is 0.160. The molecule has 3 atom stereocenters. The summed E-state index contributed by atoms with van der Waals surface area (Å²) in [4.78, 5) is 41.6. The van der Waals surface area contributed by atoms with Crippen molar-refractivity contribution >= 4 is 39.3 Å². The van der Waals surface area contributed by atoms with Crippen LogP contribution in [0.2, 0.25) is 0 Å². The summed E-state index contributed by atoms with van der Waals surface area (Å²) >= 11 is 3.36. The molecular formula is C25H19BrFN3O3. The highest BCUT2D eigenvalue weighted by atomic mass is 79.9. The third-order valence-electron chi connectivity index (χ3n) is 6.05. The van der Waals surface area contributed by atoms with Crippen LogP contribution >= 0.6 is 15.9 Å². The summed E-state index contributed by atoms with van der Waals surface area (Å²) in [6.45, 7) is 1.92. The van der Waals surface area contributed by atoms with Crippen molar-refractivity contribution < 1.29 is 18.8 Å². The fourth-order valence-electron chi connectivity index (χ4n) is 4.43. The van der Waals surface area contributed by atoms with E-state index in [1.165, 1.54) is 17.1 Å². The molecule has 2 saturated heterocycles. The summed E-state index contributed by atoms with van der Waals surface area (Å²) in [5.74, 6) is -2.57. The zero-order chi connectivity index (χ0) is 23.3. The number of carbonyl (C=O) groups excluding carboxylic acids is 3. The second kappa shape index (κ2) is 8.20. The van der Waals surface area contributed by atoms with Crippen molar-refractivity contribution in [3.05, 3.63) is 99.8 Å². The van der Waals surface area contributed by atoms with Gasteiger partial charge in [-0.2, -0.15) is 0 Å². The minimum atomic E-state index is -1.03. The van der Waals surface area contributed by atoms with E-state index >= 15 is 0 Å². The molecule has 2 fully saturated rings. The SMILES string of the molecule is Cc1ccc(N2C(=O)[C@@H]3[C@@H](c4ccc(F)cc4)NN(C(=O)c4cccc(Br)c4)[C@@H]3C2=O)cc1. The molecule has 0 saturated carbocycles. The van der Waals surface area contributed by atoms with Crippen LogP contribution < -0.4 is 10.3 Å². The average molecular weight is 508 g/mol. The van der Waals surface area contributed by atoms with Gasteiger partial charge in [-0.25, -0.2) is 14.7 Å². The zero-order valence-electron chi connectivity index (χ0n) is 17.5. The van der Waals surface area contributed by atoms with Gasteiger partial charge in [0.1, 0.15) is 11.9 Å². The van der Waals surface area contributed by atoms with Gasteiger partial charge in [0.15, 0.2) is 0 Å². The van der Waals surface area contributed by atoms with E-state index in [4.69, 9.17) is 0 Å². The van der Waals surface area contributed by atoms with E-state index in [-0.39, 0.29) is 0 Å². The molecule has 3 aromatic rings. The highest BCUT2D eigenvalue weighted by molar-refractivity contribution is 9.10. The Balaban J connectivity index is 1.58. The maximum absolute atomic E-state index is 13.5. The van der Waals surface area contributed by atoms with Crippen LogP contribution in [-0.2, 0) is 9.59 Å². The second-order valence-corrected chi connectivity index (χ2v) is 9.08. The van der Waals surface area contributed by atoms with Gasteiger partial charge < -0.3 is 0 Å². The lowest BCUT2D eigenvalue weighted by Gasteiger charge is -2.25. The number of carbonyl (C=O) groups is 3. The summed E-state index contributed by atoms with van der Waals surface area (Å²) in [6.07, 6.45) is 0. The van der Waals surface area contributed by atoms with Crippen LogP contribution in [0, 0.1) is 18.7 Å². The van der Waals surface area contributed by atoms with Gasteiger partial charge in [0.2, 0.25) is 5.91 Å². The highest BCUT2D eigenvalue weighted by Crippen LogP contribution is 2.42. The molecule has 2 aliphatic heterocycles. The van der Waals surface area contributed by atoms with Crippen LogP contribution in [-0.4, -0.2) is 28.8 Å². The predicted octanol–water partition coefficient (Wildman–Crippen LogP) is 4.16. The summed E-state index contributed by atoms with van der Waals surface area (Å²) < 4.78 is 14.3. The van der Waals surface area contributed by atoms with E-state index in [1.54, 1.807) is 48.5 Å².